The molecule has 0 spiro atoms. The van der Waals surface area contributed by atoms with Crippen molar-refractivity contribution in [2.45, 2.75) is 26.3 Å². The Balaban J connectivity index is 2.06. The zero-order valence-electron chi connectivity index (χ0n) is 14.9. The molecule has 0 atom stereocenters. The van der Waals surface area contributed by atoms with E-state index in [2.05, 4.69) is 16.0 Å². The van der Waals surface area contributed by atoms with Gasteiger partial charge in [0.2, 0.25) is 0 Å². The van der Waals surface area contributed by atoms with Crippen molar-refractivity contribution in [2.24, 2.45) is 5.73 Å². The summed E-state index contributed by atoms with van der Waals surface area (Å²) in [5.74, 6) is -0.529. The van der Waals surface area contributed by atoms with Gasteiger partial charge in [-0.3, -0.25) is 9.59 Å². The third-order valence-corrected chi connectivity index (χ3v) is 3.29. The molecule has 26 heavy (non-hydrogen) atoms. The number of benzene rings is 2. The Hall–Kier alpha value is -3.35. The molecule has 0 fully saturated rings. The summed E-state index contributed by atoms with van der Waals surface area (Å²) in [5.41, 5.74) is 6.61. The molecule has 0 radical (unpaired) electrons. The molecule has 2 aromatic rings. The van der Waals surface area contributed by atoms with Gasteiger partial charge < -0.3 is 21.7 Å². The minimum Gasteiger partial charge on any atom is -0.351 e. The zero-order valence-corrected chi connectivity index (χ0v) is 14.9. The van der Waals surface area contributed by atoms with Gasteiger partial charge in [-0.1, -0.05) is 6.07 Å². The molecule has 0 aliphatic rings. The Morgan fingerprint density at radius 3 is 1.81 bits per heavy atom. The number of nitrogens with one attached hydrogen (secondary N) is 3. The van der Waals surface area contributed by atoms with E-state index in [1.54, 1.807) is 48.5 Å². The van der Waals surface area contributed by atoms with Crippen LogP contribution in [0.4, 0.5) is 16.2 Å². The summed E-state index contributed by atoms with van der Waals surface area (Å²) in [4.78, 5) is 35.3. The lowest BCUT2D eigenvalue weighted by molar-refractivity contribution is 0.0918. The lowest BCUT2D eigenvalue weighted by Gasteiger charge is -2.20. The second-order valence-electron chi connectivity index (χ2n) is 6.81. The molecule has 7 heteroatoms. The van der Waals surface area contributed by atoms with Crippen LogP contribution in [0, 0.1) is 0 Å². The van der Waals surface area contributed by atoms with E-state index in [0.29, 0.717) is 22.5 Å². The third-order valence-electron chi connectivity index (χ3n) is 3.29. The van der Waals surface area contributed by atoms with Crippen LogP contribution in [0.15, 0.2) is 48.5 Å². The summed E-state index contributed by atoms with van der Waals surface area (Å²) in [5, 5.41) is 8.03. The van der Waals surface area contributed by atoms with Gasteiger partial charge in [0, 0.05) is 28.0 Å². The van der Waals surface area contributed by atoms with Gasteiger partial charge in [-0.05, 0) is 63.2 Å². The maximum absolute atomic E-state index is 12.3. The van der Waals surface area contributed by atoms with Crippen molar-refractivity contribution in [1.29, 1.82) is 0 Å². The normalized spacial score (nSPS) is 10.7. The lowest BCUT2D eigenvalue weighted by atomic mass is 10.1. The first-order valence-electron chi connectivity index (χ1n) is 8.04. The van der Waals surface area contributed by atoms with E-state index >= 15 is 0 Å². The van der Waals surface area contributed by atoms with E-state index in [9.17, 15) is 14.4 Å². The number of nitrogens with two attached hydrogens (primary N) is 1. The second-order valence-corrected chi connectivity index (χ2v) is 6.81. The Morgan fingerprint density at radius 2 is 1.31 bits per heavy atom. The minimum absolute atomic E-state index is 0.199. The van der Waals surface area contributed by atoms with E-state index in [-0.39, 0.29) is 17.4 Å². The van der Waals surface area contributed by atoms with Crippen LogP contribution in [0.1, 0.15) is 41.5 Å². The number of carbonyl (C=O) groups is 3. The van der Waals surface area contributed by atoms with Crippen molar-refractivity contribution in [3.05, 3.63) is 59.7 Å². The molecule has 136 valence electrons. The smallest absolute Gasteiger partial charge is 0.316 e. The second kappa shape index (κ2) is 7.69. The van der Waals surface area contributed by atoms with Crippen LogP contribution in [0.5, 0.6) is 0 Å². The van der Waals surface area contributed by atoms with Gasteiger partial charge in [0.15, 0.2) is 0 Å². The molecule has 2 aromatic carbocycles. The zero-order chi connectivity index (χ0) is 19.3. The predicted molar refractivity (Wildman–Crippen MR) is 101 cm³/mol. The number of anilines is 2. The molecule has 0 aliphatic heterocycles. The molecule has 0 aliphatic carbocycles. The van der Waals surface area contributed by atoms with Crippen molar-refractivity contribution >= 4 is 29.2 Å². The van der Waals surface area contributed by atoms with Gasteiger partial charge in [-0.15, -0.1) is 0 Å². The Morgan fingerprint density at radius 1 is 0.808 bits per heavy atom. The predicted octanol–water partition coefficient (Wildman–Crippen LogP) is 2.96. The van der Waals surface area contributed by atoms with E-state index in [0.717, 1.165) is 0 Å². The number of amides is 4. The number of hydrogen-bond donors (Lipinski definition) is 4. The minimum atomic E-state index is -0.683. The van der Waals surface area contributed by atoms with Crippen LogP contribution >= 0.6 is 0 Å². The fourth-order valence-electron chi connectivity index (χ4n) is 2.21. The van der Waals surface area contributed by atoms with Crippen LogP contribution in [-0.2, 0) is 0 Å². The summed E-state index contributed by atoms with van der Waals surface area (Å²) in [7, 11) is 0. The lowest BCUT2D eigenvalue weighted by Crippen LogP contribution is -2.40. The highest BCUT2D eigenvalue weighted by Gasteiger charge is 2.15. The largest absolute Gasteiger partial charge is 0.351 e. The molecule has 0 saturated carbocycles. The molecule has 0 bridgehead atoms. The van der Waals surface area contributed by atoms with Crippen LogP contribution in [-0.4, -0.2) is 23.4 Å². The van der Waals surface area contributed by atoms with Crippen molar-refractivity contribution in [3.8, 4) is 0 Å². The van der Waals surface area contributed by atoms with Crippen molar-refractivity contribution < 1.29 is 14.4 Å². The Labute approximate surface area is 152 Å². The summed E-state index contributed by atoms with van der Waals surface area (Å²) < 4.78 is 0. The van der Waals surface area contributed by atoms with Gasteiger partial charge in [0.25, 0.3) is 11.8 Å². The Bertz CT molecular complexity index is 823. The van der Waals surface area contributed by atoms with Gasteiger partial charge in [-0.25, -0.2) is 4.79 Å². The maximum Gasteiger partial charge on any atom is 0.316 e. The molecule has 7 nitrogen and oxygen atoms in total. The number of urea groups is 1. The monoisotopic (exact) mass is 354 g/mol. The van der Waals surface area contributed by atoms with Crippen LogP contribution < -0.4 is 21.7 Å². The van der Waals surface area contributed by atoms with E-state index in [4.69, 9.17) is 5.73 Å². The average Bonchev–Trinajstić information content (AvgIpc) is 2.53. The van der Waals surface area contributed by atoms with Crippen LogP contribution in [0.25, 0.3) is 0 Å². The molecule has 4 amide bonds. The summed E-state index contributed by atoms with van der Waals surface area (Å²) in [6.45, 7) is 5.69. The molecule has 2 rings (SSSR count). The van der Waals surface area contributed by atoms with E-state index < -0.39 is 6.03 Å². The fraction of sp³-hybridized carbons (Fsp3) is 0.211. The highest BCUT2D eigenvalue weighted by Crippen LogP contribution is 2.16. The first kappa shape index (κ1) is 19.0. The van der Waals surface area contributed by atoms with Gasteiger partial charge in [-0.2, -0.15) is 0 Å². The SMILES string of the molecule is CC(C)(C)NC(=O)c1ccc(C(=O)Nc2cccc(NC(N)=O)c2)cc1. The number of primary amides is 1. The first-order valence-corrected chi connectivity index (χ1v) is 8.04. The Kier molecular flexibility index (Phi) is 5.61. The standard InChI is InChI=1S/C19H22N4O3/c1-19(2,3)23-17(25)13-9-7-12(8-10-13)16(24)21-14-5-4-6-15(11-14)22-18(20)26/h4-11H,1-3H3,(H,21,24)(H,23,25)(H3,20,22,26). The van der Waals surface area contributed by atoms with E-state index in [1.807, 2.05) is 20.8 Å². The van der Waals surface area contributed by atoms with Crippen LogP contribution in [0.2, 0.25) is 0 Å². The van der Waals surface area contributed by atoms with Gasteiger partial charge in [0.1, 0.15) is 0 Å². The number of hydrogen-bond acceptors (Lipinski definition) is 3. The van der Waals surface area contributed by atoms with Crippen molar-refractivity contribution in [3.63, 3.8) is 0 Å². The highest BCUT2D eigenvalue weighted by molar-refractivity contribution is 6.05. The maximum atomic E-state index is 12.3. The topological polar surface area (TPSA) is 113 Å². The molecule has 0 aromatic heterocycles. The molecule has 0 heterocycles. The summed E-state index contributed by atoms with van der Waals surface area (Å²) >= 11 is 0. The van der Waals surface area contributed by atoms with Gasteiger partial charge >= 0.3 is 6.03 Å². The number of carbonyl (C=O) groups excluding carboxylic acids is 3. The third kappa shape index (κ3) is 5.62. The molecular formula is C19H22N4O3. The number of rotatable bonds is 4. The first-order chi connectivity index (χ1) is 12.1. The molecule has 0 saturated heterocycles. The fourth-order valence-corrected chi connectivity index (χ4v) is 2.21. The van der Waals surface area contributed by atoms with Gasteiger partial charge in [0.05, 0.1) is 0 Å². The van der Waals surface area contributed by atoms with E-state index in [1.165, 1.54) is 0 Å². The molecule has 5 N–H and O–H groups in total. The average molecular weight is 354 g/mol. The highest BCUT2D eigenvalue weighted by atomic mass is 16.2. The molecule has 0 unspecified atom stereocenters. The molecular weight excluding hydrogens is 332 g/mol. The quantitative estimate of drug-likeness (QED) is 0.677. The van der Waals surface area contributed by atoms with Crippen LogP contribution in [0.3, 0.4) is 0 Å². The summed E-state index contributed by atoms with van der Waals surface area (Å²) in [6.07, 6.45) is 0. The van der Waals surface area contributed by atoms with Crippen molar-refractivity contribution in [2.75, 3.05) is 10.6 Å². The summed E-state index contributed by atoms with van der Waals surface area (Å²) in [6, 6.07) is 12.3. The van der Waals surface area contributed by atoms with Crippen molar-refractivity contribution in [1.82, 2.24) is 5.32 Å².